The molecule has 2 fully saturated rings. The lowest BCUT2D eigenvalue weighted by molar-refractivity contribution is -0.192. The molecule has 0 radical (unpaired) electrons. The summed E-state index contributed by atoms with van der Waals surface area (Å²) in [4.78, 5) is 39.6. The Balaban J connectivity index is 0.000000423. The Morgan fingerprint density at radius 2 is 1.84 bits per heavy atom. The zero-order valence-electron chi connectivity index (χ0n) is 17.2. The second-order valence-corrected chi connectivity index (χ2v) is 7.86. The first kappa shape index (κ1) is 24.6. The lowest BCUT2D eigenvalue weighted by atomic mass is 10.0. The van der Waals surface area contributed by atoms with Crippen LogP contribution in [0.1, 0.15) is 5.56 Å². The van der Waals surface area contributed by atoms with Crippen molar-refractivity contribution >= 4 is 17.8 Å². The fourth-order valence-corrected chi connectivity index (χ4v) is 3.60. The van der Waals surface area contributed by atoms with Gasteiger partial charge < -0.3 is 19.8 Å². The van der Waals surface area contributed by atoms with Crippen LogP contribution in [0.15, 0.2) is 24.3 Å². The Kier molecular flexibility index (Phi) is 7.99. The highest BCUT2D eigenvalue weighted by Crippen LogP contribution is 2.32. The summed E-state index contributed by atoms with van der Waals surface area (Å²) >= 11 is 0. The van der Waals surface area contributed by atoms with E-state index in [0.717, 1.165) is 19.6 Å². The van der Waals surface area contributed by atoms with Gasteiger partial charge in [0.1, 0.15) is 5.82 Å². The first-order chi connectivity index (χ1) is 14.4. The summed E-state index contributed by atoms with van der Waals surface area (Å²) in [7, 11) is 3.99. The number of carbonyl (C=O) groups is 3. The normalized spacial score (nSPS) is 20.5. The third-order valence-electron chi connectivity index (χ3n) is 5.18. The molecule has 2 atom stereocenters. The molecule has 0 bridgehead atoms. The van der Waals surface area contributed by atoms with Crippen LogP contribution in [-0.4, -0.2) is 90.6 Å². The van der Waals surface area contributed by atoms with E-state index in [1.54, 1.807) is 17.0 Å². The summed E-state index contributed by atoms with van der Waals surface area (Å²) in [6.45, 7) is 3.46. The Morgan fingerprint density at radius 1 is 1.19 bits per heavy atom. The number of benzene rings is 1. The van der Waals surface area contributed by atoms with Crippen LogP contribution in [0.2, 0.25) is 0 Å². The summed E-state index contributed by atoms with van der Waals surface area (Å²) in [6, 6.07) is 6.13. The second kappa shape index (κ2) is 10.1. The standard InChI is InChI=1S/C18H24FN3O2.C2HF3O2/c1-20(2)6-7-21-10-14-11-22(12-16(14)18(21)24)17(23)9-13-4-3-5-15(19)8-13;3-2(4,5)1(6)7/h3-5,8,14,16H,6-7,9-12H2,1-2H3;(H,6,7). The predicted molar refractivity (Wildman–Crippen MR) is 102 cm³/mol. The number of halogens is 4. The Bertz CT molecular complexity index is 816. The zero-order valence-corrected chi connectivity index (χ0v) is 17.2. The van der Waals surface area contributed by atoms with Crippen LogP contribution in [0.5, 0.6) is 0 Å². The third-order valence-corrected chi connectivity index (χ3v) is 5.18. The number of rotatable bonds is 5. The van der Waals surface area contributed by atoms with Crippen LogP contribution in [0, 0.1) is 17.7 Å². The predicted octanol–water partition coefficient (Wildman–Crippen LogP) is 1.48. The van der Waals surface area contributed by atoms with Crippen molar-refractivity contribution in [2.75, 3.05) is 46.8 Å². The lowest BCUT2D eigenvalue weighted by Crippen LogP contribution is -2.38. The lowest BCUT2D eigenvalue weighted by Gasteiger charge is -2.23. The zero-order chi connectivity index (χ0) is 23.3. The smallest absolute Gasteiger partial charge is 0.475 e. The number of carboxylic acid groups (broad SMARTS) is 1. The number of hydrogen-bond donors (Lipinski definition) is 1. The molecule has 1 aromatic rings. The van der Waals surface area contributed by atoms with Gasteiger partial charge in [-0.3, -0.25) is 9.59 Å². The van der Waals surface area contributed by atoms with E-state index in [9.17, 15) is 27.2 Å². The first-order valence-corrected chi connectivity index (χ1v) is 9.64. The molecule has 1 N–H and O–H groups in total. The maximum absolute atomic E-state index is 13.2. The number of fused-ring (bicyclic) bond motifs is 1. The molecular weight excluding hydrogens is 422 g/mol. The Morgan fingerprint density at radius 3 is 2.35 bits per heavy atom. The van der Waals surface area contributed by atoms with Gasteiger partial charge in [-0.05, 0) is 31.8 Å². The molecule has 31 heavy (non-hydrogen) atoms. The monoisotopic (exact) mass is 447 g/mol. The average molecular weight is 447 g/mol. The molecule has 2 aliphatic rings. The molecule has 3 rings (SSSR count). The molecule has 0 aromatic heterocycles. The van der Waals surface area contributed by atoms with Crippen molar-refractivity contribution in [3.8, 4) is 0 Å². The summed E-state index contributed by atoms with van der Waals surface area (Å²) in [6.07, 6.45) is -4.89. The quantitative estimate of drug-likeness (QED) is 0.692. The summed E-state index contributed by atoms with van der Waals surface area (Å²) in [5, 5.41) is 7.12. The molecule has 2 heterocycles. The third kappa shape index (κ3) is 6.91. The number of carbonyl (C=O) groups excluding carboxylic acids is 2. The van der Waals surface area contributed by atoms with Crippen molar-refractivity contribution in [1.29, 1.82) is 0 Å². The van der Waals surface area contributed by atoms with E-state index < -0.39 is 12.1 Å². The number of amides is 2. The number of alkyl halides is 3. The van der Waals surface area contributed by atoms with Crippen LogP contribution in [-0.2, 0) is 20.8 Å². The summed E-state index contributed by atoms with van der Waals surface area (Å²) in [5.74, 6) is -2.77. The number of nitrogens with zero attached hydrogens (tertiary/aromatic N) is 3. The van der Waals surface area contributed by atoms with Gasteiger partial charge in [0, 0.05) is 38.6 Å². The molecule has 2 unspecified atom stereocenters. The molecule has 0 aliphatic carbocycles. The van der Waals surface area contributed by atoms with Crippen LogP contribution in [0.25, 0.3) is 0 Å². The largest absolute Gasteiger partial charge is 0.490 e. The van der Waals surface area contributed by atoms with E-state index in [-0.39, 0.29) is 35.9 Å². The van der Waals surface area contributed by atoms with Gasteiger partial charge in [0.05, 0.1) is 12.3 Å². The van der Waals surface area contributed by atoms with Gasteiger partial charge in [-0.2, -0.15) is 13.2 Å². The van der Waals surface area contributed by atoms with E-state index in [2.05, 4.69) is 4.90 Å². The van der Waals surface area contributed by atoms with E-state index in [0.29, 0.717) is 18.7 Å². The molecule has 11 heteroatoms. The Labute approximate surface area is 177 Å². The molecule has 7 nitrogen and oxygen atoms in total. The summed E-state index contributed by atoms with van der Waals surface area (Å²) < 4.78 is 45.0. The number of likely N-dealkylation sites (tertiary alicyclic amines) is 2. The molecule has 2 aliphatic heterocycles. The second-order valence-electron chi connectivity index (χ2n) is 7.86. The van der Waals surface area contributed by atoms with Crippen molar-refractivity contribution in [3.05, 3.63) is 35.6 Å². The highest BCUT2D eigenvalue weighted by atomic mass is 19.4. The van der Waals surface area contributed by atoms with Crippen molar-refractivity contribution in [3.63, 3.8) is 0 Å². The molecule has 172 valence electrons. The van der Waals surface area contributed by atoms with Crippen molar-refractivity contribution in [2.45, 2.75) is 12.6 Å². The van der Waals surface area contributed by atoms with Gasteiger partial charge in [-0.15, -0.1) is 0 Å². The average Bonchev–Trinajstić information content (AvgIpc) is 3.19. The van der Waals surface area contributed by atoms with Crippen molar-refractivity contribution in [2.24, 2.45) is 11.8 Å². The molecular formula is C20H25F4N3O4. The van der Waals surface area contributed by atoms with Gasteiger partial charge in [0.25, 0.3) is 0 Å². The minimum Gasteiger partial charge on any atom is -0.475 e. The van der Waals surface area contributed by atoms with Crippen LogP contribution < -0.4 is 0 Å². The number of likely N-dealkylation sites (N-methyl/N-ethyl adjacent to an activating group) is 1. The molecule has 1 aromatic carbocycles. The van der Waals surface area contributed by atoms with E-state index in [1.807, 2.05) is 19.0 Å². The number of hydrogen-bond acceptors (Lipinski definition) is 4. The molecule has 0 spiro atoms. The van der Waals surface area contributed by atoms with Gasteiger partial charge in [0.2, 0.25) is 11.8 Å². The topological polar surface area (TPSA) is 81.2 Å². The molecule has 2 amide bonds. The maximum atomic E-state index is 13.2. The fraction of sp³-hybridized carbons (Fsp3) is 0.550. The number of aliphatic carboxylic acids is 1. The van der Waals surface area contributed by atoms with Crippen LogP contribution in [0.3, 0.4) is 0 Å². The van der Waals surface area contributed by atoms with Gasteiger partial charge >= 0.3 is 12.1 Å². The highest BCUT2D eigenvalue weighted by Gasteiger charge is 2.47. The van der Waals surface area contributed by atoms with Crippen LogP contribution in [0.4, 0.5) is 17.6 Å². The molecule has 0 saturated carbocycles. The first-order valence-electron chi connectivity index (χ1n) is 9.64. The van der Waals surface area contributed by atoms with Crippen LogP contribution >= 0.6 is 0 Å². The fourth-order valence-electron chi connectivity index (χ4n) is 3.60. The van der Waals surface area contributed by atoms with E-state index in [4.69, 9.17) is 9.90 Å². The highest BCUT2D eigenvalue weighted by molar-refractivity contribution is 5.85. The Hall–Kier alpha value is -2.69. The van der Waals surface area contributed by atoms with E-state index >= 15 is 0 Å². The molecule has 2 saturated heterocycles. The minimum atomic E-state index is -5.08. The number of carboxylic acids is 1. The van der Waals surface area contributed by atoms with Gasteiger partial charge in [-0.1, -0.05) is 12.1 Å². The summed E-state index contributed by atoms with van der Waals surface area (Å²) in [5.41, 5.74) is 0.677. The maximum Gasteiger partial charge on any atom is 0.490 e. The van der Waals surface area contributed by atoms with Gasteiger partial charge in [0.15, 0.2) is 0 Å². The minimum absolute atomic E-state index is 0.0253. The SMILES string of the molecule is CN(C)CCN1CC2CN(C(=O)Cc3cccc(F)c3)CC2C1=O.O=C(O)C(F)(F)F. The van der Waals surface area contributed by atoms with E-state index in [1.165, 1.54) is 12.1 Å². The van der Waals surface area contributed by atoms with Crippen molar-refractivity contribution < 1.29 is 37.1 Å². The van der Waals surface area contributed by atoms with Gasteiger partial charge in [-0.25, -0.2) is 9.18 Å². The van der Waals surface area contributed by atoms with Crippen molar-refractivity contribution in [1.82, 2.24) is 14.7 Å².